The number of hydrogen-bond donors (Lipinski definition) is 2. The van der Waals surface area contributed by atoms with Crippen LogP contribution in [0.1, 0.15) is 58.2 Å². The van der Waals surface area contributed by atoms with Gasteiger partial charge in [-0.1, -0.05) is 18.2 Å². The maximum atomic E-state index is 14.4. The van der Waals surface area contributed by atoms with Crippen molar-refractivity contribution in [1.29, 1.82) is 0 Å². The van der Waals surface area contributed by atoms with Crippen LogP contribution < -0.4 is 11.1 Å². The lowest BCUT2D eigenvalue weighted by atomic mass is 9.87. The minimum absolute atomic E-state index is 0. The summed E-state index contributed by atoms with van der Waals surface area (Å²) in [5, 5.41) is 7.71. The summed E-state index contributed by atoms with van der Waals surface area (Å²) in [6.45, 7) is 0. The first kappa shape index (κ1) is 20.4. The lowest BCUT2D eigenvalue weighted by molar-refractivity contribution is 0.0926. The van der Waals surface area contributed by atoms with Gasteiger partial charge in [0.25, 0.3) is 5.91 Å². The number of fused-ring (bicyclic) bond motifs is 2. The van der Waals surface area contributed by atoms with Crippen LogP contribution in [0.4, 0.5) is 10.1 Å². The van der Waals surface area contributed by atoms with Crippen molar-refractivity contribution in [3.05, 3.63) is 76.4 Å². The Morgan fingerprint density at radius 1 is 1.13 bits per heavy atom. The minimum atomic E-state index is -0.338. The number of hydrogen-bond acceptors (Lipinski definition) is 3. The van der Waals surface area contributed by atoms with Gasteiger partial charge in [-0.3, -0.25) is 4.79 Å². The molecular formula is C23H24ClFN4O. The normalized spacial score (nSPS) is 17.0. The van der Waals surface area contributed by atoms with E-state index in [2.05, 4.69) is 10.4 Å². The number of nitrogen functional groups attached to an aromatic ring is 1. The summed E-state index contributed by atoms with van der Waals surface area (Å²) in [5.74, 6) is -0.525. The molecule has 30 heavy (non-hydrogen) atoms. The summed E-state index contributed by atoms with van der Waals surface area (Å²) in [4.78, 5) is 13.2. The van der Waals surface area contributed by atoms with Crippen LogP contribution in [0.5, 0.6) is 0 Å². The summed E-state index contributed by atoms with van der Waals surface area (Å²) in [6.07, 6.45) is 5.42. The highest BCUT2D eigenvalue weighted by molar-refractivity contribution is 5.94. The highest BCUT2D eigenvalue weighted by atomic mass is 35.5. The van der Waals surface area contributed by atoms with Crippen LogP contribution in [0.15, 0.2) is 42.5 Å². The van der Waals surface area contributed by atoms with Gasteiger partial charge in [0, 0.05) is 16.9 Å². The highest BCUT2D eigenvalue weighted by Crippen LogP contribution is 2.33. The molecule has 1 amide bonds. The van der Waals surface area contributed by atoms with Crippen LogP contribution in [0, 0.1) is 5.82 Å². The van der Waals surface area contributed by atoms with Crippen molar-refractivity contribution < 1.29 is 9.18 Å². The quantitative estimate of drug-likeness (QED) is 0.613. The summed E-state index contributed by atoms with van der Waals surface area (Å²) in [7, 11) is 0. The van der Waals surface area contributed by atoms with Crippen molar-refractivity contribution >= 4 is 24.0 Å². The molecule has 5 rings (SSSR count). The van der Waals surface area contributed by atoms with Gasteiger partial charge >= 0.3 is 0 Å². The zero-order valence-corrected chi connectivity index (χ0v) is 17.3. The molecule has 0 saturated heterocycles. The van der Waals surface area contributed by atoms with Crippen LogP contribution in [-0.4, -0.2) is 15.7 Å². The number of aryl methyl sites for hydroxylation is 1. The van der Waals surface area contributed by atoms with Crippen LogP contribution in [0.2, 0.25) is 0 Å². The third-order valence-corrected chi connectivity index (χ3v) is 6.01. The molecule has 1 heterocycles. The van der Waals surface area contributed by atoms with Crippen LogP contribution >= 0.6 is 12.4 Å². The summed E-state index contributed by atoms with van der Waals surface area (Å²) >= 11 is 0. The number of aromatic nitrogens is 2. The molecule has 1 unspecified atom stereocenters. The van der Waals surface area contributed by atoms with E-state index in [9.17, 15) is 9.18 Å². The number of carbonyl (C=O) groups excluding carboxylic acids is 1. The second kappa shape index (κ2) is 8.11. The Balaban J connectivity index is 0.00000218. The zero-order valence-electron chi connectivity index (χ0n) is 16.5. The van der Waals surface area contributed by atoms with Crippen LogP contribution in [-0.2, 0) is 19.3 Å². The number of anilines is 1. The van der Waals surface area contributed by atoms with Gasteiger partial charge in [-0.15, -0.1) is 12.4 Å². The predicted molar refractivity (Wildman–Crippen MR) is 117 cm³/mol. The van der Waals surface area contributed by atoms with E-state index in [4.69, 9.17) is 5.73 Å². The number of amides is 1. The Labute approximate surface area is 180 Å². The van der Waals surface area contributed by atoms with Crippen LogP contribution in [0.3, 0.4) is 0 Å². The van der Waals surface area contributed by atoms with E-state index in [0.29, 0.717) is 11.4 Å². The van der Waals surface area contributed by atoms with E-state index >= 15 is 0 Å². The molecule has 0 bridgehead atoms. The summed E-state index contributed by atoms with van der Waals surface area (Å²) < 4.78 is 16.0. The fraction of sp³-hybridized carbons (Fsp3) is 0.304. The van der Waals surface area contributed by atoms with Crippen molar-refractivity contribution in [2.75, 3.05) is 5.73 Å². The standard InChI is InChI=1S/C23H23FN4O.ClH/c24-18-7-1-2-9-21(18)28-20-10-4-6-17(20)22(27-28)23(29)26-19-8-3-5-14-13-15(25)11-12-16(14)19;/h1-2,7,9,11-13,19H,3-6,8,10,25H2,(H,26,29);1H. The SMILES string of the molecule is Cl.Nc1ccc2c(c1)CCCC2NC(=O)c1nn(-c2ccccc2F)c2c1CCC2. The van der Waals surface area contributed by atoms with Gasteiger partial charge in [0.05, 0.1) is 6.04 Å². The van der Waals surface area contributed by atoms with Crippen LogP contribution in [0.25, 0.3) is 5.69 Å². The molecule has 2 aliphatic carbocycles. The lowest BCUT2D eigenvalue weighted by Gasteiger charge is -2.26. The third kappa shape index (κ3) is 3.45. The molecule has 2 aliphatic rings. The van der Waals surface area contributed by atoms with E-state index < -0.39 is 0 Å². The van der Waals surface area contributed by atoms with Crippen molar-refractivity contribution in [2.45, 2.75) is 44.6 Å². The Kier molecular flexibility index (Phi) is 5.52. The average Bonchev–Trinajstić information content (AvgIpc) is 3.31. The molecule has 1 atom stereocenters. The number of benzene rings is 2. The molecule has 3 aromatic rings. The first-order valence-corrected chi connectivity index (χ1v) is 10.2. The van der Waals surface area contributed by atoms with E-state index in [1.54, 1.807) is 22.9 Å². The van der Waals surface area contributed by atoms with Gasteiger partial charge in [-0.05, 0) is 73.9 Å². The molecular weight excluding hydrogens is 403 g/mol. The molecule has 1 aromatic heterocycles. The van der Waals surface area contributed by atoms with Gasteiger partial charge in [0.2, 0.25) is 0 Å². The largest absolute Gasteiger partial charge is 0.399 e. The smallest absolute Gasteiger partial charge is 0.272 e. The monoisotopic (exact) mass is 426 g/mol. The van der Waals surface area contributed by atoms with E-state index in [1.165, 1.54) is 11.6 Å². The Bertz CT molecular complexity index is 1110. The number of carbonyl (C=O) groups is 1. The Hall–Kier alpha value is -2.86. The average molecular weight is 427 g/mol. The highest BCUT2D eigenvalue weighted by Gasteiger charge is 2.30. The van der Waals surface area contributed by atoms with Crippen molar-refractivity contribution in [3.63, 3.8) is 0 Å². The molecule has 5 nitrogen and oxygen atoms in total. The van der Waals surface area contributed by atoms with E-state index in [0.717, 1.165) is 61.0 Å². The minimum Gasteiger partial charge on any atom is -0.399 e. The number of halogens is 2. The number of nitrogens with zero attached hydrogens (tertiary/aromatic N) is 2. The molecule has 2 aromatic carbocycles. The summed E-state index contributed by atoms with van der Waals surface area (Å²) in [5.41, 5.74) is 11.7. The maximum Gasteiger partial charge on any atom is 0.272 e. The fourth-order valence-corrected chi connectivity index (χ4v) is 4.65. The first-order chi connectivity index (χ1) is 14.1. The molecule has 0 saturated carbocycles. The van der Waals surface area contributed by atoms with Gasteiger partial charge in [-0.2, -0.15) is 5.10 Å². The second-order valence-corrected chi connectivity index (χ2v) is 7.87. The molecule has 3 N–H and O–H groups in total. The van der Waals surface area contributed by atoms with Crippen molar-refractivity contribution in [2.24, 2.45) is 0 Å². The van der Waals surface area contributed by atoms with E-state index in [-0.39, 0.29) is 30.2 Å². The van der Waals surface area contributed by atoms with Gasteiger partial charge < -0.3 is 11.1 Å². The maximum absolute atomic E-state index is 14.4. The van der Waals surface area contributed by atoms with Crippen molar-refractivity contribution in [3.8, 4) is 5.69 Å². The number of rotatable bonds is 3. The first-order valence-electron chi connectivity index (χ1n) is 10.2. The molecule has 0 radical (unpaired) electrons. The van der Waals surface area contributed by atoms with Crippen molar-refractivity contribution in [1.82, 2.24) is 15.1 Å². The van der Waals surface area contributed by atoms with E-state index in [1.807, 2.05) is 18.2 Å². The summed E-state index contributed by atoms with van der Waals surface area (Å²) in [6, 6.07) is 12.4. The molecule has 7 heteroatoms. The molecule has 156 valence electrons. The topological polar surface area (TPSA) is 72.9 Å². The Morgan fingerprint density at radius 3 is 2.80 bits per heavy atom. The molecule has 0 aliphatic heterocycles. The fourth-order valence-electron chi connectivity index (χ4n) is 4.65. The second-order valence-electron chi connectivity index (χ2n) is 7.87. The van der Waals surface area contributed by atoms with Gasteiger partial charge in [0.15, 0.2) is 5.69 Å². The molecule has 0 spiro atoms. The van der Waals surface area contributed by atoms with Gasteiger partial charge in [0.1, 0.15) is 11.5 Å². The number of nitrogens with two attached hydrogens (primary N) is 1. The number of nitrogens with one attached hydrogen (secondary N) is 1. The lowest BCUT2D eigenvalue weighted by Crippen LogP contribution is -2.32. The third-order valence-electron chi connectivity index (χ3n) is 6.01. The zero-order chi connectivity index (χ0) is 20.0. The van der Waals surface area contributed by atoms with Gasteiger partial charge in [-0.25, -0.2) is 9.07 Å². The number of para-hydroxylation sites is 1. The predicted octanol–water partition coefficient (Wildman–Crippen LogP) is 4.31. The Morgan fingerprint density at radius 2 is 1.97 bits per heavy atom. The molecule has 0 fully saturated rings.